The van der Waals surface area contributed by atoms with Crippen molar-refractivity contribution in [3.8, 4) is 33.6 Å². The van der Waals surface area contributed by atoms with Gasteiger partial charge in [-0.1, -0.05) is 133 Å². The fourth-order valence-corrected chi connectivity index (χ4v) is 9.21. The Kier molecular flexibility index (Phi) is 7.61. The van der Waals surface area contributed by atoms with Gasteiger partial charge >= 0.3 is 0 Å². The third kappa shape index (κ3) is 5.40. The molecule has 2 aliphatic rings. The summed E-state index contributed by atoms with van der Waals surface area (Å²) in [5.41, 5.74) is 18.8. The highest BCUT2D eigenvalue weighted by atomic mass is 15.6. The predicted molar refractivity (Wildman–Crippen MR) is 245 cm³/mol. The van der Waals surface area contributed by atoms with Crippen molar-refractivity contribution < 1.29 is 0 Å². The number of allylic oxidation sites excluding steroid dienone is 2. The normalized spacial score (nSPS) is 15.0. The first-order valence-electron chi connectivity index (χ1n) is 20.2. The first-order valence-corrected chi connectivity index (χ1v) is 20.2. The van der Waals surface area contributed by atoms with E-state index in [4.69, 9.17) is 4.99 Å². The van der Waals surface area contributed by atoms with Crippen molar-refractivity contribution >= 4 is 55.0 Å². The Morgan fingerprint density at radius 3 is 1.59 bits per heavy atom. The summed E-state index contributed by atoms with van der Waals surface area (Å²) in [6.07, 6.45) is 6.09. The van der Waals surface area contributed by atoms with E-state index in [1.807, 2.05) is 0 Å². The fourth-order valence-electron chi connectivity index (χ4n) is 9.21. The van der Waals surface area contributed by atoms with Crippen molar-refractivity contribution in [2.24, 2.45) is 4.99 Å². The number of hydrazine groups is 1. The maximum absolute atomic E-state index is 5.26. The second kappa shape index (κ2) is 13.4. The molecule has 5 nitrogen and oxygen atoms in total. The van der Waals surface area contributed by atoms with Crippen LogP contribution in [0.3, 0.4) is 0 Å². The zero-order chi connectivity index (χ0) is 38.9. The molecule has 0 saturated heterocycles. The molecule has 0 amide bonds. The van der Waals surface area contributed by atoms with Crippen LogP contribution < -0.4 is 5.43 Å². The number of nitrogens with one attached hydrogen (secondary N) is 1. The molecule has 59 heavy (non-hydrogen) atoms. The van der Waals surface area contributed by atoms with Crippen molar-refractivity contribution in [1.29, 1.82) is 0 Å². The topological polar surface area (TPSA) is 37.5 Å². The highest BCUT2D eigenvalue weighted by molar-refractivity contribution is 6.25. The van der Waals surface area contributed by atoms with Crippen molar-refractivity contribution in [3.05, 3.63) is 224 Å². The molecular formula is C54H37N5. The number of fused-ring (bicyclic) bond motifs is 7. The number of benzene rings is 8. The number of hydrogen-bond donors (Lipinski definition) is 1. The third-order valence-electron chi connectivity index (χ3n) is 11.9. The van der Waals surface area contributed by atoms with E-state index < -0.39 is 0 Å². The van der Waals surface area contributed by atoms with Gasteiger partial charge in [-0.05, 0) is 106 Å². The number of para-hydroxylation sites is 3. The maximum atomic E-state index is 5.26. The number of amidine groups is 1. The van der Waals surface area contributed by atoms with E-state index >= 15 is 0 Å². The average Bonchev–Trinajstić information content (AvgIpc) is 4.00. The van der Waals surface area contributed by atoms with Crippen LogP contribution in [0, 0.1) is 0 Å². The largest absolute Gasteiger partial charge is 0.309 e. The minimum absolute atomic E-state index is 0.214. The molecule has 0 aliphatic carbocycles. The minimum Gasteiger partial charge on any atom is -0.309 e. The SMILES string of the molecule is C1=CN2NC(c3ccc(-n4c5ccccc5c5cc(-c6ccc7c(c6)c6ccccc6n7-c6ccccc6)ccc54)cc3)N=C2C(c2ccccc2-c2ccccc2)=C1. The molecule has 2 aliphatic heterocycles. The molecule has 1 atom stereocenters. The van der Waals surface area contributed by atoms with E-state index in [1.165, 1.54) is 71.6 Å². The van der Waals surface area contributed by atoms with Crippen molar-refractivity contribution in [1.82, 2.24) is 19.6 Å². The Hall–Kier alpha value is -7.73. The molecule has 2 aromatic heterocycles. The molecule has 0 saturated carbocycles. The molecule has 1 unspecified atom stereocenters. The van der Waals surface area contributed by atoms with Gasteiger partial charge in [0.05, 0.1) is 22.1 Å². The molecule has 10 aromatic rings. The first kappa shape index (κ1) is 33.4. The summed E-state index contributed by atoms with van der Waals surface area (Å²) in [6, 6.07) is 69.9. The number of nitrogens with zero attached hydrogens (tertiary/aromatic N) is 4. The van der Waals surface area contributed by atoms with Crippen LogP contribution in [0.5, 0.6) is 0 Å². The van der Waals surface area contributed by atoms with Gasteiger partial charge in [-0.15, -0.1) is 0 Å². The second-order valence-corrected chi connectivity index (χ2v) is 15.3. The molecule has 0 spiro atoms. The molecule has 5 heteroatoms. The van der Waals surface area contributed by atoms with Crippen LogP contribution in [0.4, 0.5) is 0 Å². The molecule has 278 valence electrons. The lowest BCUT2D eigenvalue weighted by Crippen LogP contribution is -2.35. The lowest BCUT2D eigenvalue weighted by atomic mass is 9.93. The molecular weight excluding hydrogens is 719 g/mol. The smallest absolute Gasteiger partial charge is 0.152 e. The van der Waals surface area contributed by atoms with E-state index in [0.29, 0.717) is 0 Å². The van der Waals surface area contributed by atoms with Crippen LogP contribution in [-0.4, -0.2) is 20.0 Å². The van der Waals surface area contributed by atoms with Gasteiger partial charge in [0.25, 0.3) is 0 Å². The summed E-state index contributed by atoms with van der Waals surface area (Å²) < 4.78 is 4.75. The Morgan fingerprint density at radius 2 is 0.949 bits per heavy atom. The third-order valence-corrected chi connectivity index (χ3v) is 11.9. The zero-order valence-corrected chi connectivity index (χ0v) is 32.1. The maximum Gasteiger partial charge on any atom is 0.152 e. The predicted octanol–water partition coefficient (Wildman–Crippen LogP) is 13.0. The molecule has 1 N–H and O–H groups in total. The summed E-state index contributed by atoms with van der Waals surface area (Å²) in [4.78, 5) is 5.26. The van der Waals surface area contributed by atoms with Crippen LogP contribution in [0.25, 0.3) is 82.8 Å². The van der Waals surface area contributed by atoms with Crippen LogP contribution in [0.15, 0.2) is 217 Å². The molecule has 0 bridgehead atoms. The Bertz CT molecular complexity index is 3350. The summed E-state index contributed by atoms with van der Waals surface area (Å²) in [7, 11) is 0. The zero-order valence-electron chi connectivity index (χ0n) is 32.1. The fraction of sp³-hybridized carbons (Fsp3) is 0.0185. The van der Waals surface area contributed by atoms with E-state index in [1.54, 1.807) is 0 Å². The molecule has 0 fully saturated rings. The highest BCUT2D eigenvalue weighted by Gasteiger charge is 2.30. The van der Waals surface area contributed by atoms with Crippen LogP contribution >= 0.6 is 0 Å². The quantitative estimate of drug-likeness (QED) is 0.183. The van der Waals surface area contributed by atoms with E-state index in [-0.39, 0.29) is 6.17 Å². The van der Waals surface area contributed by atoms with Crippen LogP contribution in [0.2, 0.25) is 0 Å². The summed E-state index contributed by atoms with van der Waals surface area (Å²) in [5, 5.41) is 7.03. The standard InChI is InChI=1S/C54H37N5/c1-3-14-36(15-4-1)42-18-7-8-19-43(42)46-22-13-33-57-54(46)55-53(56-57)37-25-29-41(30-26-37)59-50-24-12-10-21-45(50)48-35-39(28-32-52(48)59)38-27-31-51-47(34-38)44-20-9-11-23-49(44)58(51)40-16-5-2-6-17-40/h1-35,53,56H. The average molecular weight is 756 g/mol. The van der Waals surface area contributed by atoms with Crippen LogP contribution in [0.1, 0.15) is 17.3 Å². The van der Waals surface area contributed by atoms with Gasteiger partial charge in [0.15, 0.2) is 5.84 Å². The van der Waals surface area contributed by atoms with Crippen LogP contribution in [-0.2, 0) is 0 Å². The summed E-state index contributed by atoms with van der Waals surface area (Å²) >= 11 is 0. The molecule has 4 heterocycles. The van der Waals surface area contributed by atoms with E-state index in [2.05, 4.69) is 232 Å². The lowest BCUT2D eigenvalue weighted by Gasteiger charge is -2.23. The summed E-state index contributed by atoms with van der Waals surface area (Å²) in [6.45, 7) is 0. The van der Waals surface area contributed by atoms with Crippen molar-refractivity contribution in [2.75, 3.05) is 0 Å². The molecule has 0 radical (unpaired) electrons. The first-order chi connectivity index (χ1) is 29.3. The minimum atomic E-state index is -0.214. The second-order valence-electron chi connectivity index (χ2n) is 15.3. The Balaban J connectivity index is 0.897. The lowest BCUT2D eigenvalue weighted by molar-refractivity contribution is 0.387. The number of aliphatic imine (C=N–C) groups is 1. The Labute approximate surface area is 341 Å². The van der Waals surface area contributed by atoms with Gasteiger partial charge in [-0.2, -0.15) is 0 Å². The highest BCUT2D eigenvalue weighted by Crippen LogP contribution is 2.39. The van der Waals surface area contributed by atoms with Gasteiger partial charge in [0.1, 0.15) is 6.17 Å². The van der Waals surface area contributed by atoms with Crippen molar-refractivity contribution in [3.63, 3.8) is 0 Å². The van der Waals surface area contributed by atoms with E-state index in [0.717, 1.165) is 28.2 Å². The van der Waals surface area contributed by atoms with Gasteiger partial charge in [0.2, 0.25) is 0 Å². The van der Waals surface area contributed by atoms with E-state index in [9.17, 15) is 0 Å². The van der Waals surface area contributed by atoms with Gasteiger partial charge in [0, 0.05) is 44.7 Å². The van der Waals surface area contributed by atoms with Gasteiger partial charge in [-0.25, -0.2) is 10.4 Å². The van der Waals surface area contributed by atoms with Gasteiger partial charge in [-0.3, -0.25) is 5.01 Å². The van der Waals surface area contributed by atoms with Gasteiger partial charge < -0.3 is 9.13 Å². The molecule has 8 aromatic carbocycles. The number of hydrogen-bond acceptors (Lipinski definition) is 3. The van der Waals surface area contributed by atoms with Crippen molar-refractivity contribution in [2.45, 2.75) is 6.17 Å². The molecule has 12 rings (SSSR count). The number of aromatic nitrogens is 2. The Morgan fingerprint density at radius 1 is 0.424 bits per heavy atom. The summed E-state index contributed by atoms with van der Waals surface area (Å²) in [5.74, 6) is 0.921. The monoisotopic (exact) mass is 755 g/mol. The number of rotatable bonds is 6.